The van der Waals surface area contributed by atoms with Crippen LogP contribution in [0.3, 0.4) is 0 Å². The van der Waals surface area contributed by atoms with Gasteiger partial charge >= 0.3 is 0 Å². The Morgan fingerprint density at radius 2 is 1.69 bits per heavy atom. The molecule has 0 aromatic heterocycles. The van der Waals surface area contributed by atoms with E-state index < -0.39 is 15.7 Å². The van der Waals surface area contributed by atoms with Gasteiger partial charge in [-0.25, -0.2) is 12.8 Å². The largest absolute Gasteiger partial charge is 0.379 e. The fraction of sp³-hybridized carbons (Fsp3) is 0.381. The molecule has 0 saturated carbocycles. The first kappa shape index (κ1) is 21.4. The fourth-order valence-corrected chi connectivity index (χ4v) is 4.39. The van der Waals surface area contributed by atoms with Crippen molar-refractivity contribution in [1.29, 1.82) is 0 Å². The van der Waals surface area contributed by atoms with Crippen LogP contribution in [0.5, 0.6) is 0 Å². The van der Waals surface area contributed by atoms with E-state index in [4.69, 9.17) is 4.74 Å². The van der Waals surface area contributed by atoms with Crippen molar-refractivity contribution in [2.45, 2.75) is 24.4 Å². The molecule has 0 radical (unpaired) electrons. The number of morpholine rings is 1. The van der Waals surface area contributed by atoms with Crippen LogP contribution in [0.2, 0.25) is 0 Å². The normalized spacial score (nSPS) is 15.2. The lowest BCUT2D eigenvalue weighted by Crippen LogP contribution is -2.36. The Kier molecular flexibility index (Phi) is 7.35. The molecule has 0 unspecified atom stereocenters. The number of amides is 1. The van der Waals surface area contributed by atoms with E-state index in [-0.39, 0.29) is 23.0 Å². The second-order valence-corrected chi connectivity index (χ2v) is 9.07. The quantitative estimate of drug-likeness (QED) is 0.663. The molecule has 156 valence electrons. The molecule has 1 N–H and O–H groups in total. The summed E-state index contributed by atoms with van der Waals surface area (Å²) < 4.78 is 42.9. The average Bonchev–Trinajstić information content (AvgIpc) is 2.73. The minimum absolute atomic E-state index is 0.0163. The molecule has 0 spiro atoms. The van der Waals surface area contributed by atoms with Crippen molar-refractivity contribution in [2.24, 2.45) is 0 Å². The number of hydrogen-bond donors (Lipinski definition) is 1. The first-order valence-electron chi connectivity index (χ1n) is 9.56. The number of sulfone groups is 1. The van der Waals surface area contributed by atoms with E-state index in [2.05, 4.69) is 10.2 Å². The predicted molar refractivity (Wildman–Crippen MR) is 107 cm³/mol. The van der Waals surface area contributed by atoms with E-state index in [0.717, 1.165) is 56.1 Å². The molecule has 1 saturated heterocycles. The zero-order chi connectivity index (χ0) is 20.7. The van der Waals surface area contributed by atoms with Gasteiger partial charge in [0.25, 0.3) is 0 Å². The van der Waals surface area contributed by atoms with Crippen LogP contribution in [0.4, 0.5) is 4.39 Å². The van der Waals surface area contributed by atoms with E-state index in [1.54, 1.807) is 0 Å². The molecule has 2 aromatic rings. The lowest BCUT2D eigenvalue weighted by Gasteiger charge is -2.27. The molecule has 6 nitrogen and oxygen atoms in total. The Balaban J connectivity index is 1.52. The van der Waals surface area contributed by atoms with Crippen molar-refractivity contribution in [3.8, 4) is 0 Å². The Morgan fingerprint density at radius 3 is 2.38 bits per heavy atom. The number of carbonyl (C=O) groups excluding carboxylic acids is 1. The molecule has 0 atom stereocenters. The summed E-state index contributed by atoms with van der Waals surface area (Å²) in [6.45, 7) is 4.33. The van der Waals surface area contributed by atoms with Crippen LogP contribution in [0.15, 0.2) is 53.4 Å². The smallest absolute Gasteiger partial charge is 0.221 e. The van der Waals surface area contributed by atoms with Crippen LogP contribution in [0, 0.1) is 5.82 Å². The Labute approximate surface area is 170 Å². The number of nitrogens with zero attached hydrogens (tertiary/aromatic N) is 1. The molecule has 0 bridgehead atoms. The summed E-state index contributed by atoms with van der Waals surface area (Å²) in [6.07, 6.45) is -0.147. The van der Waals surface area contributed by atoms with Crippen LogP contribution in [-0.2, 0) is 32.5 Å². The van der Waals surface area contributed by atoms with Gasteiger partial charge in [0.1, 0.15) is 5.82 Å². The highest BCUT2D eigenvalue weighted by molar-refractivity contribution is 7.91. The van der Waals surface area contributed by atoms with E-state index >= 15 is 0 Å². The van der Waals surface area contributed by atoms with Gasteiger partial charge in [0, 0.05) is 32.6 Å². The number of halogens is 1. The van der Waals surface area contributed by atoms with Gasteiger partial charge in [0.05, 0.1) is 23.9 Å². The van der Waals surface area contributed by atoms with Crippen molar-refractivity contribution >= 4 is 15.7 Å². The maximum Gasteiger partial charge on any atom is 0.221 e. The SMILES string of the molecule is O=C(CCS(=O)(=O)c1ccc(F)cc1)NCc1ccccc1CN1CCOCC1. The summed E-state index contributed by atoms with van der Waals surface area (Å²) in [5.74, 6) is -1.16. The predicted octanol–water partition coefficient (Wildman–Crippen LogP) is 2.14. The highest BCUT2D eigenvalue weighted by Gasteiger charge is 2.17. The minimum Gasteiger partial charge on any atom is -0.379 e. The lowest BCUT2D eigenvalue weighted by molar-refractivity contribution is -0.120. The van der Waals surface area contributed by atoms with Gasteiger partial charge < -0.3 is 10.1 Å². The summed E-state index contributed by atoms with van der Waals surface area (Å²) in [6, 6.07) is 12.5. The molecule has 1 amide bonds. The Morgan fingerprint density at radius 1 is 1.03 bits per heavy atom. The number of rotatable bonds is 8. The van der Waals surface area contributed by atoms with E-state index in [0.29, 0.717) is 6.54 Å². The molecule has 8 heteroatoms. The average molecular weight is 421 g/mol. The van der Waals surface area contributed by atoms with Crippen molar-refractivity contribution < 1.29 is 22.3 Å². The zero-order valence-corrected chi connectivity index (χ0v) is 17.0. The molecule has 1 aliphatic heterocycles. The summed E-state index contributed by atoms with van der Waals surface area (Å²) in [7, 11) is -3.63. The first-order chi connectivity index (χ1) is 13.9. The second-order valence-electron chi connectivity index (χ2n) is 6.96. The summed E-state index contributed by atoms with van der Waals surface area (Å²) in [4.78, 5) is 14.5. The summed E-state index contributed by atoms with van der Waals surface area (Å²) in [5, 5.41) is 2.80. The van der Waals surface area contributed by atoms with Gasteiger partial charge in [0.15, 0.2) is 9.84 Å². The Bertz CT molecular complexity index is 926. The number of carbonyl (C=O) groups is 1. The van der Waals surface area contributed by atoms with E-state index in [9.17, 15) is 17.6 Å². The summed E-state index contributed by atoms with van der Waals surface area (Å²) >= 11 is 0. The zero-order valence-electron chi connectivity index (χ0n) is 16.1. The molecular weight excluding hydrogens is 395 g/mol. The maximum absolute atomic E-state index is 13.0. The first-order valence-corrected chi connectivity index (χ1v) is 11.2. The number of hydrogen-bond acceptors (Lipinski definition) is 5. The highest BCUT2D eigenvalue weighted by atomic mass is 32.2. The van der Waals surface area contributed by atoms with Crippen molar-refractivity contribution in [3.63, 3.8) is 0 Å². The van der Waals surface area contributed by atoms with Gasteiger partial charge in [0.2, 0.25) is 5.91 Å². The highest BCUT2D eigenvalue weighted by Crippen LogP contribution is 2.14. The van der Waals surface area contributed by atoms with Crippen LogP contribution in [-0.4, -0.2) is 51.3 Å². The molecule has 0 aliphatic carbocycles. The van der Waals surface area contributed by atoms with Gasteiger partial charge in [-0.05, 0) is 35.4 Å². The molecule has 1 heterocycles. The van der Waals surface area contributed by atoms with Gasteiger partial charge in [-0.3, -0.25) is 9.69 Å². The van der Waals surface area contributed by atoms with E-state index in [1.807, 2.05) is 24.3 Å². The topological polar surface area (TPSA) is 75.7 Å². The van der Waals surface area contributed by atoms with Crippen LogP contribution >= 0.6 is 0 Å². The van der Waals surface area contributed by atoms with E-state index in [1.165, 1.54) is 12.1 Å². The molecule has 3 rings (SSSR count). The van der Waals surface area contributed by atoms with Crippen molar-refractivity contribution in [1.82, 2.24) is 10.2 Å². The third-order valence-corrected chi connectivity index (χ3v) is 6.59. The number of benzene rings is 2. The number of nitrogens with one attached hydrogen (secondary N) is 1. The number of ether oxygens (including phenoxy) is 1. The fourth-order valence-electron chi connectivity index (χ4n) is 3.15. The Hall–Kier alpha value is -2.29. The molecule has 29 heavy (non-hydrogen) atoms. The standard InChI is InChI=1S/C21H25FN2O4S/c22-19-5-7-20(8-6-19)29(26,27)14-9-21(25)23-15-17-3-1-2-4-18(17)16-24-10-12-28-13-11-24/h1-8H,9-16H2,(H,23,25). The minimum atomic E-state index is -3.63. The third-order valence-electron chi connectivity index (χ3n) is 4.86. The third kappa shape index (κ3) is 6.35. The molecule has 1 aliphatic rings. The van der Waals surface area contributed by atoms with Gasteiger partial charge in [-0.1, -0.05) is 24.3 Å². The maximum atomic E-state index is 13.0. The van der Waals surface area contributed by atoms with Gasteiger partial charge in [-0.2, -0.15) is 0 Å². The van der Waals surface area contributed by atoms with Gasteiger partial charge in [-0.15, -0.1) is 0 Å². The van der Waals surface area contributed by atoms with Crippen molar-refractivity contribution in [3.05, 3.63) is 65.5 Å². The second kappa shape index (κ2) is 9.96. The van der Waals surface area contributed by atoms with Crippen LogP contribution < -0.4 is 5.32 Å². The molecule has 2 aromatic carbocycles. The summed E-state index contributed by atoms with van der Waals surface area (Å²) in [5.41, 5.74) is 2.14. The molecule has 1 fully saturated rings. The van der Waals surface area contributed by atoms with Crippen molar-refractivity contribution in [2.75, 3.05) is 32.1 Å². The lowest BCUT2D eigenvalue weighted by atomic mass is 10.1. The van der Waals surface area contributed by atoms with Crippen LogP contribution in [0.1, 0.15) is 17.5 Å². The molecular formula is C21H25FN2O4S. The monoisotopic (exact) mass is 420 g/mol. The van der Waals surface area contributed by atoms with Crippen LogP contribution in [0.25, 0.3) is 0 Å².